The summed E-state index contributed by atoms with van der Waals surface area (Å²) in [6, 6.07) is 3.55. The number of benzene rings is 1. The molecule has 2 N–H and O–H groups in total. The van der Waals surface area contributed by atoms with E-state index in [1.54, 1.807) is 20.8 Å². The minimum atomic E-state index is -4.54. The van der Waals surface area contributed by atoms with Crippen LogP contribution < -0.4 is 15.4 Å². The van der Waals surface area contributed by atoms with Gasteiger partial charge in [-0.3, -0.25) is 4.99 Å². The molecule has 1 aliphatic heterocycles. The van der Waals surface area contributed by atoms with Crippen molar-refractivity contribution in [1.29, 1.82) is 0 Å². The summed E-state index contributed by atoms with van der Waals surface area (Å²) in [5.74, 6) is 0.475. The van der Waals surface area contributed by atoms with Crippen LogP contribution in [0.4, 0.5) is 13.2 Å². The number of nitrogens with zero attached hydrogens (tertiary/aromatic N) is 1. The zero-order chi connectivity index (χ0) is 21.2. The maximum absolute atomic E-state index is 13.5. The van der Waals surface area contributed by atoms with E-state index in [1.807, 2.05) is 0 Å². The number of sulfone groups is 1. The molecule has 11 heteroatoms. The van der Waals surface area contributed by atoms with Crippen molar-refractivity contribution in [2.75, 3.05) is 18.6 Å². The molecule has 1 aromatic carbocycles. The minimum absolute atomic E-state index is 0. The van der Waals surface area contributed by atoms with Gasteiger partial charge in [0.25, 0.3) is 0 Å². The maximum Gasteiger partial charge on any atom is 0.416 e. The first kappa shape index (κ1) is 25.8. The number of hydrogen-bond acceptors (Lipinski definition) is 4. The van der Waals surface area contributed by atoms with Gasteiger partial charge in [0.1, 0.15) is 11.4 Å². The Balaban J connectivity index is 0.00000420. The first-order chi connectivity index (χ1) is 12.8. The summed E-state index contributed by atoms with van der Waals surface area (Å²) in [5.41, 5.74) is -1.37. The smallest absolute Gasteiger partial charge is 0.416 e. The molecule has 0 bridgehead atoms. The van der Waals surface area contributed by atoms with Crippen molar-refractivity contribution in [3.05, 3.63) is 29.3 Å². The van der Waals surface area contributed by atoms with Gasteiger partial charge < -0.3 is 15.4 Å². The lowest BCUT2D eigenvalue weighted by molar-refractivity contribution is -0.138. The molecule has 0 saturated carbocycles. The Labute approximate surface area is 186 Å². The molecule has 0 amide bonds. The van der Waals surface area contributed by atoms with Crippen molar-refractivity contribution < 1.29 is 26.3 Å². The zero-order valence-electron chi connectivity index (χ0n) is 16.8. The fraction of sp³-hybridized carbons (Fsp3) is 0.611. The van der Waals surface area contributed by atoms with E-state index in [-0.39, 0.29) is 65.3 Å². The zero-order valence-corrected chi connectivity index (χ0v) is 19.9. The molecule has 1 saturated heterocycles. The summed E-state index contributed by atoms with van der Waals surface area (Å²) in [6.07, 6.45) is -4.10. The van der Waals surface area contributed by atoms with Crippen LogP contribution in [0.2, 0.25) is 0 Å². The van der Waals surface area contributed by atoms with Crippen LogP contribution in [-0.4, -0.2) is 44.6 Å². The van der Waals surface area contributed by atoms with E-state index in [4.69, 9.17) is 4.74 Å². The van der Waals surface area contributed by atoms with Gasteiger partial charge >= 0.3 is 6.18 Å². The van der Waals surface area contributed by atoms with Crippen molar-refractivity contribution in [3.8, 4) is 5.75 Å². The van der Waals surface area contributed by atoms with Gasteiger partial charge in [-0.25, -0.2) is 8.42 Å². The van der Waals surface area contributed by atoms with Crippen LogP contribution in [0.1, 0.15) is 38.3 Å². The quantitative estimate of drug-likeness (QED) is 0.342. The lowest BCUT2D eigenvalue weighted by Crippen LogP contribution is -2.43. The molecule has 1 aromatic rings. The average Bonchev–Trinajstić information content (AvgIpc) is 2.88. The summed E-state index contributed by atoms with van der Waals surface area (Å²) in [7, 11) is -1.59. The first-order valence-electron chi connectivity index (χ1n) is 8.86. The standard InChI is InChI=1S/C18H26F3N3O3S.HI/c1-17(2,3)27-14-6-5-12(15(9-14)18(19,20)21)10-23-16(22-4)24-13-7-8-28(25,26)11-13;/h5-6,9,13H,7-8,10-11H2,1-4H3,(H2,22,23,24);1H. The van der Waals surface area contributed by atoms with Crippen molar-refractivity contribution >= 4 is 39.8 Å². The van der Waals surface area contributed by atoms with Crippen LogP contribution in [0.25, 0.3) is 0 Å². The second-order valence-corrected chi connectivity index (χ2v) is 9.93. The normalized spacial score (nSPS) is 19.4. The summed E-state index contributed by atoms with van der Waals surface area (Å²) in [5, 5.41) is 5.77. The number of hydrogen-bond donors (Lipinski definition) is 2. The van der Waals surface area contributed by atoms with Crippen LogP contribution in [0.3, 0.4) is 0 Å². The van der Waals surface area contributed by atoms with E-state index in [1.165, 1.54) is 19.2 Å². The Morgan fingerprint density at radius 3 is 2.41 bits per heavy atom. The number of halogens is 4. The van der Waals surface area contributed by atoms with Gasteiger partial charge in [0.2, 0.25) is 0 Å². The Kier molecular flexibility index (Phi) is 8.64. The first-order valence-corrected chi connectivity index (χ1v) is 10.7. The predicted molar refractivity (Wildman–Crippen MR) is 118 cm³/mol. The monoisotopic (exact) mass is 549 g/mol. The Hall–Kier alpha value is -1.24. The fourth-order valence-electron chi connectivity index (χ4n) is 2.87. The highest BCUT2D eigenvalue weighted by Crippen LogP contribution is 2.35. The Morgan fingerprint density at radius 2 is 1.93 bits per heavy atom. The van der Waals surface area contributed by atoms with Crippen molar-refractivity contribution in [1.82, 2.24) is 10.6 Å². The van der Waals surface area contributed by atoms with Crippen LogP contribution >= 0.6 is 24.0 Å². The van der Waals surface area contributed by atoms with E-state index < -0.39 is 27.2 Å². The number of guanidine groups is 1. The topological polar surface area (TPSA) is 79.8 Å². The molecule has 6 nitrogen and oxygen atoms in total. The lowest BCUT2D eigenvalue weighted by Gasteiger charge is -2.23. The number of alkyl halides is 3. The molecule has 2 rings (SSSR count). The van der Waals surface area contributed by atoms with Crippen LogP contribution in [0.15, 0.2) is 23.2 Å². The number of rotatable bonds is 4. The second-order valence-electron chi connectivity index (χ2n) is 7.70. The molecule has 166 valence electrons. The minimum Gasteiger partial charge on any atom is -0.488 e. The van der Waals surface area contributed by atoms with E-state index in [0.29, 0.717) is 6.42 Å². The summed E-state index contributed by atoms with van der Waals surface area (Å²) >= 11 is 0. The highest BCUT2D eigenvalue weighted by atomic mass is 127. The number of nitrogens with one attached hydrogen (secondary N) is 2. The van der Waals surface area contributed by atoms with Crippen LogP contribution in [-0.2, 0) is 22.6 Å². The molecule has 0 aliphatic carbocycles. The van der Waals surface area contributed by atoms with E-state index in [0.717, 1.165) is 6.07 Å². The van der Waals surface area contributed by atoms with E-state index >= 15 is 0 Å². The van der Waals surface area contributed by atoms with Crippen molar-refractivity contribution in [3.63, 3.8) is 0 Å². The SMILES string of the molecule is CN=C(NCc1ccc(OC(C)(C)C)cc1C(F)(F)F)NC1CCS(=O)(=O)C1.I. The third kappa shape index (κ3) is 8.19. The molecule has 1 atom stereocenters. The number of aliphatic imine (C=N–C) groups is 1. The molecule has 0 radical (unpaired) electrons. The molecule has 1 fully saturated rings. The molecule has 1 aliphatic rings. The molecular formula is C18H27F3IN3O3S. The highest BCUT2D eigenvalue weighted by Gasteiger charge is 2.34. The summed E-state index contributed by atoms with van der Waals surface area (Å²) in [6.45, 7) is 5.15. The Bertz CT molecular complexity index is 837. The van der Waals surface area contributed by atoms with Gasteiger partial charge in [-0.2, -0.15) is 13.2 Å². The summed E-state index contributed by atoms with van der Waals surface area (Å²) in [4.78, 5) is 3.97. The summed E-state index contributed by atoms with van der Waals surface area (Å²) < 4.78 is 69.1. The van der Waals surface area contributed by atoms with Gasteiger partial charge in [0.15, 0.2) is 15.8 Å². The van der Waals surface area contributed by atoms with E-state index in [9.17, 15) is 21.6 Å². The molecule has 1 heterocycles. The van der Waals surface area contributed by atoms with Gasteiger partial charge in [-0.15, -0.1) is 24.0 Å². The predicted octanol–water partition coefficient (Wildman–Crippen LogP) is 3.35. The van der Waals surface area contributed by atoms with Crippen LogP contribution in [0, 0.1) is 0 Å². The highest BCUT2D eigenvalue weighted by molar-refractivity contribution is 14.0. The molecular weight excluding hydrogens is 522 g/mol. The molecule has 0 spiro atoms. The van der Waals surface area contributed by atoms with Gasteiger partial charge in [-0.05, 0) is 44.9 Å². The largest absolute Gasteiger partial charge is 0.488 e. The molecule has 0 aromatic heterocycles. The fourth-order valence-corrected chi connectivity index (χ4v) is 4.54. The van der Waals surface area contributed by atoms with Crippen molar-refractivity contribution in [2.45, 2.75) is 51.6 Å². The third-order valence-corrected chi connectivity index (χ3v) is 5.82. The van der Waals surface area contributed by atoms with E-state index in [2.05, 4.69) is 15.6 Å². The van der Waals surface area contributed by atoms with Gasteiger partial charge in [0.05, 0.1) is 17.1 Å². The lowest BCUT2D eigenvalue weighted by atomic mass is 10.1. The maximum atomic E-state index is 13.5. The van der Waals surface area contributed by atoms with Gasteiger partial charge in [0, 0.05) is 19.6 Å². The molecule has 1 unspecified atom stereocenters. The van der Waals surface area contributed by atoms with Gasteiger partial charge in [-0.1, -0.05) is 6.07 Å². The van der Waals surface area contributed by atoms with Crippen molar-refractivity contribution in [2.24, 2.45) is 4.99 Å². The average molecular weight is 549 g/mol. The Morgan fingerprint density at radius 1 is 1.28 bits per heavy atom. The second kappa shape index (κ2) is 9.71. The third-order valence-electron chi connectivity index (χ3n) is 4.05. The van der Waals surface area contributed by atoms with Crippen LogP contribution in [0.5, 0.6) is 5.75 Å². The molecule has 29 heavy (non-hydrogen) atoms. The number of ether oxygens (including phenoxy) is 1.